The summed E-state index contributed by atoms with van der Waals surface area (Å²) in [5.74, 6) is 0. The van der Waals surface area contributed by atoms with E-state index < -0.39 is 10.8 Å². The molecule has 0 saturated heterocycles. The molecule has 2 nitrogen and oxygen atoms in total. The summed E-state index contributed by atoms with van der Waals surface area (Å²) in [5, 5.41) is 0. The molecule has 0 bridgehead atoms. The van der Waals surface area contributed by atoms with Crippen LogP contribution in [0.4, 0.5) is 34.1 Å². The van der Waals surface area contributed by atoms with Crippen LogP contribution in [0, 0.1) is 0 Å². The standard InChI is InChI=1S/C74H45B5N2/c75-68-67(69(76)71(78)72(79)70(68)77)46-33-35-51(36-34-46)81(52-39-42-64-60(43-52)57-29-15-16-30-61(57)73(64,47-19-5-1-6-20-47)48-21-7-2-8-22-48)54-38-41-59-56-28-14-18-32-63(56)74(66(59)45-54)62-31-17-13-27-55(62)58-40-37-53(44-65(58)74)80(49-23-9-3-10-24-49)50-25-11-4-12-26-50/h1-45H. The minimum absolute atomic E-state index is 0.184. The fraction of sp³-hybridized carbons (Fsp3) is 0.0270. The Kier molecular flexibility index (Phi) is 11.3. The number of fused-ring (bicyclic) bond motifs is 13. The highest BCUT2D eigenvalue weighted by molar-refractivity contribution is 6.68. The Balaban J connectivity index is 0.975. The van der Waals surface area contributed by atoms with E-state index in [0.717, 1.165) is 39.7 Å². The van der Waals surface area contributed by atoms with Gasteiger partial charge in [0.1, 0.15) is 39.2 Å². The maximum Gasteiger partial charge on any atom is 0.113 e. The zero-order valence-electron chi connectivity index (χ0n) is 44.3. The van der Waals surface area contributed by atoms with Crippen LogP contribution in [0.15, 0.2) is 273 Å². The zero-order valence-corrected chi connectivity index (χ0v) is 44.3. The van der Waals surface area contributed by atoms with Crippen LogP contribution in [0.1, 0.15) is 44.5 Å². The first-order valence-corrected chi connectivity index (χ1v) is 27.4. The molecule has 12 aromatic rings. The molecule has 0 saturated carbocycles. The smallest absolute Gasteiger partial charge is 0.113 e. The van der Waals surface area contributed by atoms with E-state index in [1.165, 1.54) is 77.9 Å². The second kappa shape index (κ2) is 18.9. The minimum atomic E-state index is -0.676. The van der Waals surface area contributed by atoms with Gasteiger partial charge in [-0.2, -0.15) is 0 Å². The molecule has 0 fully saturated rings. The van der Waals surface area contributed by atoms with Crippen molar-refractivity contribution < 1.29 is 0 Å². The molecule has 0 aliphatic heterocycles. The highest BCUT2D eigenvalue weighted by Crippen LogP contribution is 2.64. The SMILES string of the molecule is [B]c1c([B])c([B])c(-c2ccc(N(c3ccc4c(c3)-c3ccccc3C4(c3ccccc3)c3ccccc3)c3ccc4c(c3)C3(c5ccccc5-c5ccc(N(c6ccccc6)c6ccccc6)cc53)c3ccccc3-4)cc2)c([B])c1[B]. The van der Waals surface area contributed by atoms with Crippen LogP contribution >= 0.6 is 0 Å². The molecule has 0 N–H and O–H groups in total. The normalized spacial score (nSPS) is 14.6. The molecule has 7 heteroatoms. The first-order chi connectivity index (χ1) is 39.8. The number of benzene rings is 12. The lowest BCUT2D eigenvalue weighted by molar-refractivity contribution is 0.768. The maximum absolute atomic E-state index is 6.71. The topological polar surface area (TPSA) is 6.48 Å². The summed E-state index contributed by atoms with van der Waals surface area (Å²) in [6.45, 7) is 0. The lowest BCUT2D eigenvalue weighted by atomic mass is 9.60. The van der Waals surface area contributed by atoms with Crippen molar-refractivity contribution in [3.05, 3.63) is 317 Å². The van der Waals surface area contributed by atoms with Crippen molar-refractivity contribution >= 4 is 101 Å². The van der Waals surface area contributed by atoms with Crippen LogP contribution in [0.25, 0.3) is 44.5 Å². The molecule has 12 aromatic carbocycles. The van der Waals surface area contributed by atoms with Gasteiger partial charge in [0.25, 0.3) is 0 Å². The van der Waals surface area contributed by atoms with E-state index in [0.29, 0.717) is 16.5 Å². The van der Waals surface area contributed by atoms with Crippen molar-refractivity contribution in [2.45, 2.75) is 10.8 Å². The largest absolute Gasteiger partial charge is 0.310 e. The van der Waals surface area contributed by atoms with Gasteiger partial charge >= 0.3 is 0 Å². The van der Waals surface area contributed by atoms with Gasteiger partial charge in [0.05, 0.1) is 10.8 Å². The molecule has 3 aliphatic rings. The fourth-order valence-corrected chi connectivity index (χ4v) is 14.0. The molecule has 0 aromatic heterocycles. The first-order valence-electron chi connectivity index (χ1n) is 27.4. The third kappa shape index (κ3) is 7.07. The molecule has 0 heterocycles. The Labute approximate surface area is 480 Å². The molecular weight excluding hydrogens is 971 g/mol. The van der Waals surface area contributed by atoms with Crippen LogP contribution in [0.2, 0.25) is 0 Å². The van der Waals surface area contributed by atoms with Gasteiger partial charge in [-0.1, -0.05) is 211 Å². The molecule has 366 valence electrons. The first kappa shape index (κ1) is 48.7. The summed E-state index contributed by atoms with van der Waals surface area (Å²) in [6.07, 6.45) is 0. The Morgan fingerprint density at radius 1 is 0.222 bits per heavy atom. The third-order valence-corrected chi connectivity index (χ3v) is 17.4. The summed E-state index contributed by atoms with van der Waals surface area (Å²) >= 11 is 0. The highest BCUT2D eigenvalue weighted by Gasteiger charge is 2.52. The molecular formula is C74H45B5N2. The summed E-state index contributed by atoms with van der Waals surface area (Å²) in [6, 6.07) is 99.6. The molecule has 10 radical (unpaired) electrons. The Morgan fingerprint density at radius 3 is 1.02 bits per heavy atom. The average molecular weight is 1020 g/mol. The van der Waals surface area contributed by atoms with Gasteiger partial charge < -0.3 is 9.80 Å². The van der Waals surface area contributed by atoms with Gasteiger partial charge in [-0.05, 0) is 162 Å². The fourth-order valence-electron chi connectivity index (χ4n) is 14.0. The van der Waals surface area contributed by atoms with Gasteiger partial charge in [0.15, 0.2) is 0 Å². The van der Waals surface area contributed by atoms with Crippen LogP contribution < -0.4 is 37.1 Å². The van der Waals surface area contributed by atoms with Crippen LogP contribution in [0.3, 0.4) is 0 Å². The summed E-state index contributed by atoms with van der Waals surface area (Å²) in [4.78, 5) is 4.75. The third-order valence-electron chi connectivity index (χ3n) is 17.4. The summed E-state index contributed by atoms with van der Waals surface area (Å²) in [7, 11) is 32.6. The van der Waals surface area contributed by atoms with E-state index in [2.05, 4.69) is 271 Å². The Hall–Kier alpha value is -9.44. The molecule has 81 heavy (non-hydrogen) atoms. The summed E-state index contributed by atoms with van der Waals surface area (Å²) in [5.41, 5.74) is 24.5. The van der Waals surface area contributed by atoms with Gasteiger partial charge in [-0.25, -0.2) is 0 Å². The predicted molar refractivity (Wildman–Crippen MR) is 342 cm³/mol. The van der Waals surface area contributed by atoms with Crippen LogP contribution in [-0.4, -0.2) is 39.2 Å². The van der Waals surface area contributed by atoms with E-state index in [-0.39, 0.29) is 16.4 Å². The van der Waals surface area contributed by atoms with E-state index in [1.54, 1.807) is 0 Å². The van der Waals surface area contributed by atoms with E-state index in [4.69, 9.17) is 39.2 Å². The highest BCUT2D eigenvalue weighted by atomic mass is 15.1. The maximum atomic E-state index is 6.71. The van der Waals surface area contributed by atoms with E-state index in [9.17, 15) is 0 Å². The van der Waals surface area contributed by atoms with Gasteiger partial charge in [0.2, 0.25) is 0 Å². The van der Waals surface area contributed by atoms with Crippen molar-refractivity contribution in [1.29, 1.82) is 0 Å². The quantitative estimate of drug-likeness (QED) is 0.133. The van der Waals surface area contributed by atoms with Crippen LogP contribution in [0.5, 0.6) is 0 Å². The number of rotatable bonds is 9. The van der Waals surface area contributed by atoms with Crippen LogP contribution in [-0.2, 0) is 10.8 Å². The number of hydrogen-bond acceptors (Lipinski definition) is 2. The van der Waals surface area contributed by atoms with E-state index in [1.807, 2.05) is 12.1 Å². The van der Waals surface area contributed by atoms with E-state index >= 15 is 0 Å². The van der Waals surface area contributed by atoms with Gasteiger partial charge in [0, 0.05) is 34.1 Å². The van der Waals surface area contributed by atoms with Crippen molar-refractivity contribution in [3.63, 3.8) is 0 Å². The minimum Gasteiger partial charge on any atom is -0.310 e. The predicted octanol–water partition coefficient (Wildman–Crippen LogP) is 13.0. The molecule has 0 amide bonds. The number of anilines is 6. The lowest BCUT2D eigenvalue weighted by Crippen LogP contribution is -2.55. The number of para-hydroxylation sites is 2. The molecule has 15 rings (SSSR count). The van der Waals surface area contributed by atoms with Crippen molar-refractivity contribution in [3.8, 4) is 44.5 Å². The summed E-state index contributed by atoms with van der Waals surface area (Å²) < 4.78 is 0. The van der Waals surface area contributed by atoms with Crippen molar-refractivity contribution in [2.24, 2.45) is 0 Å². The lowest BCUT2D eigenvalue weighted by Gasteiger charge is -2.34. The second-order valence-corrected chi connectivity index (χ2v) is 21.4. The number of nitrogens with zero attached hydrogens (tertiary/aromatic N) is 2. The molecule has 3 aliphatic carbocycles. The molecule has 1 atom stereocenters. The monoisotopic (exact) mass is 1020 g/mol. The number of hydrogen-bond donors (Lipinski definition) is 0. The molecule has 1 unspecified atom stereocenters. The Bertz CT molecular complexity index is 4350. The average Bonchev–Trinajstić information content (AvgIpc) is 3.82. The van der Waals surface area contributed by atoms with Crippen molar-refractivity contribution in [1.82, 2.24) is 0 Å². The van der Waals surface area contributed by atoms with Gasteiger partial charge in [-0.15, -0.1) is 16.4 Å². The molecule has 1 spiro atoms. The second-order valence-electron chi connectivity index (χ2n) is 21.4. The van der Waals surface area contributed by atoms with Crippen molar-refractivity contribution in [2.75, 3.05) is 9.80 Å². The van der Waals surface area contributed by atoms with Gasteiger partial charge in [-0.3, -0.25) is 0 Å². The Morgan fingerprint density at radius 2 is 0.543 bits per heavy atom. The zero-order chi connectivity index (χ0) is 54.6.